The summed E-state index contributed by atoms with van der Waals surface area (Å²) in [6, 6.07) is 11.1. The number of hydrogen-bond acceptors (Lipinski definition) is 0. The first-order valence-electron chi connectivity index (χ1n) is 5.40. The number of benzene rings is 1. The zero-order chi connectivity index (χ0) is 11.3. The second-order valence-electron chi connectivity index (χ2n) is 4.58. The number of halogens is 1. The number of hydrogen-bond donors (Lipinski definition) is 0. The first-order valence-corrected chi connectivity index (χ1v) is 5.40. The molecule has 2 heteroatoms. The molecule has 0 heterocycles. The third-order valence-corrected chi connectivity index (χ3v) is 3.09. The minimum atomic E-state index is 0. The zero-order valence-corrected chi connectivity index (χ0v) is 11.9. The van der Waals surface area contributed by atoms with Crippen LogP contribution in [-0.2, 0) is 6.54 Å². The van der Waals surface area contributed by atoms with E-state index in [0.717, 1.165) is 17.6 Å². The topological polar surface area (TPSA) is 0 Å². The van der Waals surface area contributed by atoms with E-state index < -0.39 is 0 Å². The molecule has 16 heavy (non-hydrogen) atoms. The van der Waals surface area contributed by atoms with Crippen molar-refractivity contribution in [2.24, 2.45) is 0 Å². The number of quaternary nitrogens is 1. The minimum absolute atomic E-state index is 0. The fourth-order valence-corrected chi connectivity index (χ4v) is 1.63. The van der Waals surface area contributed by atoms with Crippen molar-refractivity contribution < 1.29 is 21.5 Å². The molecule has 0 saturated heterocycles. The monoisotopic (exact) mass is 281 g/mol. The first-order chi connectivity index (χ1) is 7.08. The molecule has 0 aliphatic rings. The molecule has 0 N–H and O–H groups in total. The zero-order valence-electron chi connectivity index (χ0n) is 10.3. The first kappa shape index (κ1) is 15.2. The van der Waals surface area contributed by atoms with Crippen LogP contribution in [0.3, 0.4) is 0 Å². The number of nitrogens with zero attached hydrogens (tertiary/aromatic N) is 1. The lowest BCUT2D eigenvalue weighted by atomic mass is 10.1. The normalized spacial score (nSPS) is 13.7. The maximum absolute atomic E-state index is 5.44. The van der Waals surface area contributed by atoms with Gasteiger partial charge in [0.25, 0.3) is 0 Å². The Labute approximate surface area is 110 Å². The quantitative estimate of drug-likeness (QED) is 0.524. The van der Waals surface area contributed by atoms with Crippen molar-refractivity contribution >= 4 is 0 Å². The molecule has 1 aromatic rings. The van der Waals surface area contributed by atoms with Gasteiger partial charge >= 0.3 is 0 Å². The lowest BCUT2D eigenvalue weighted by Gasteiger charge is -2.37. The van der Waals surface area contributed by atoms with Crippen LogP contribution in [0.15, 0.2) is 30.3 Å². The van der Waals surface area contributed by atoms with E-state index in [4.69, 9.17) is 6.42 Å². The third kappa shape index (κ3) is 4.00. The second-order valence-corrected chi connectivity index (χ2v) is 4.58. The van der Waals surface area contributed by atoms with Gasteiger partial charge in [0, 0.05) is 5.56 Å². The van der Waals surface area contributed by atoms with Crippen molar-refractivity contribution in [2.75, 3.05) is 13.6 Å². The summed E-state index contributed by atoms with van der Waals surface area (Å²) in [6.45, 7) is 6.23. The number of rotatable bonds is 4. The van der Waals surface area contributed by atoms with Gasteiger partial charge in [-0.3, -0.25) is 0 Å². The van der Waals surface area contributed by atoms with Gasteiger partial charge in [-0.25, -0.2) is 0 Å². The van der Waals surface area contributed by atoms with Crippen molar-refractivity contribution in [3.63, 3.8) is 0 Å². The molecule has 1 nitrogen and oxygen atoms in total. The maximum atomic E-state index is 5.44. The molecule has 1 atom stereocenters. The Morgan fingerprint density at radius 3 is 2.25 bits per heavy atom. The molecule has 0 saturated carbocycles. The van der Waals surface area contributed by atoms with E-state index in [1.807, 2.05) is 6.07 Å². The van der Waals surface area contributed by atoms with Crippen molar-refractivity contribution in [1.82, 2.24) is 0 Å². The van der Waals surface area contributed by atoms with E-state index in [0.29, 0.717) is 6.04 Å². The molecule has 0 bridgehead atoms. The van der Waals surface area contributed by atoms with E-state index >= 15 is 0 Å². The molecule has 0 radical (unpaired) electrons. The molecular weight excluding hydrogens is 262 g/mol. The van der Waals surface area contributed by atoms with Crippen LogP contribution < -0.4 is 17.0 Å². The Hall–Kier alpha value is -0.780. The predicted octanol–water partition coefficient (Wildman–Crippen LogP) is -0.321. The van der Waals surface area contributed by atoms with Gasteiger partial charge in [-0.1, -0.05) is 30.3 Å². The Bertz CT molecular complexity index is 340. The highest BCUT2D eigenvalue weighted by atomic mass is 79.9. The number of terminal acetylenes is 1. The van der Waals surface area contributed by atoms with Crippen LogP contribution in [0.25, 0.3) is 0 Å². The molecule has 0 aliphatic carbocycles. The molecule has 1 rings (SSSR count). The molecular formula is C14H20BrN. The van der Waals surface area contributed by atoms with Crippen LogP contribution in [0.2, 0.25) is 0 Å². The van der Waals surface area contributed by atoms with Gasteiger partial charge in [-0.15, -0.1) is 6.42 Å². The Morgan fingerprint density at radius 1 is 1.25 bits per heavy atom. The van der Waals surface area contributed by atoms with Crippen LogP contribution in [-0.4, -0.2) is 24.1 Å². The lowest BCUT2D eigenvalue weighted by Crippen LogP contribution is -3.00. The molecule has 0 amide bonds. The van der Waals surface area contributed by atoms with Crippen LogP contribution >= 0.6 is 0 Å². The van der Waals surface area contributed by atoms with Gasteiger partial charge in [-0.05, 0) is 19.8 Å². The van der Waals surface area contributed by atoms with E-state index in [-0.39, 0.29) is 17.0 Å². The standard InChI is InChI=1S/C14H20N.BrH/c1-5-11-15(4,13(2)3)12-14-9-7-6-8-10-14;/h1,6-10,13H,11-12H2,2-4H3;1H/q+1;/p-1. The van der Waals surface area contributed by atoms with E-state index in [1.165, 1.54) is 5.56 Å². The van der Waals surface area contributed by atoms with Gasteiger partial charge in [0.05, 0.1) is 13.1 Å². The van der Waals surface area contributed by atoms with Crippen LogP contribution in [0.4, 0.5) is 0 Å². The Balaban J connectivity index is 0.00000225. The molecule has 1 aromatic carbocycles. The van der Waals surface area contributed by atoms with Gasteiger partial charge < -0.3 is 21.5 Å². The minimum Gasteiger partial charge on any atom is -1.00 e. The molecule has 0 aliphatic heterocycles. The summed E-state index contributed by atoms with van der Waals surface area (Å²) < 4.78 is 0.903. The van der Waals surface area contributed by atoms with Gasteiger partial charge in [0.15, 0.2) is 0 Å². The van der Waals surface area contributed by atoms with Crippen molar-refractivity contribution in [2.45, 2.75) is 26.4 Å². The average Bonchev–Trinajstić information content (AvgIpc) is 2.19. The highest BCUT2D eigenvalue weighted by Crippen LogP contribution is 2.15. The van der Waals surface area contributed by atoms with Crippen LogP contribution in [0.5, 0.6) is 0 Å². The largest absolute Gasteiger partial charge is 1.00 e. The smallest absolute Gasteiger partial charge is 0.140 e. The van der Waals surface area contributed by atoms with Crippen molar-refractivity contribution in [1.29, 1.82) is 0 Å². The fraction of sp³-hybridized carbons (Fsp3) is 0.429. The van der Waals surface area contributed by atoms with E-state index in [1.54, 1.807) is 0 Å². The summed E-state index contributed by atoms with van der Waals surface area (Å²) in [6.07, 6.45) is 5.44. The highest BCUT2D eigenvalue weighted by molar-refractivity contribution is 5.13. The van der Waals surface area contributed by atoms with Gasteiger partial charge in [-0.2, -0.15) is 0 Å². The van der Waals surface area contributed by atoms with Gasteiger partial charge in [0.1, 0.15) is 13.1 Å². The average molecular weight is 282 g/mol. The second kappa shape index (κ2) is 6.73. The summed E-state index contributed by atoms with van der Waals surface area (Å²) in [4.78, 5) is 0. The fourth-order valence-electron chi connectivity index (χ4n) is 1.63. The molecule has 0 aromatic heterocycles. The SMILES string of the molecule is C#CC[N+](C)(Cc1ccccc1)C(C)C.[Br-]. The van der Waals surface area contributed by atoms with E-state index in [2.05, 4.69) is 51.1 Å². The molecule has 0 fully saturated rings. The summed E-state index contributed by atoms with van der Waals surface area (Å²) in [5.41, 5.74) is 1.35. The van der Waals surface area contributed by atoms with Gasteiger partial charge in [0.2, 0.25) is 0 Å². The van der Waals surface area contributed by atoms with E-state index in [9.17, 15) is 0 Å². The summed E-state index contributed by atoms with van der Waals surface area (Å²) in [5, 5.41) is 0. The summed E-state index contributed by atoms with van der Waals surface area (Å²) in [7, 11) is 2.22. The summed E-state index contributed by atoms with van der Waals surface area (Å²) in [5.74, 6) is 2.78. The summed E-state index contributed by atoms with van der Waals surface area (Å²) >= 11 is 0. The Kier molecular flexibility index (Phi) is 6.40. The predicted molar refractivity (Wildman–Crippen MR) is 65.2 cm³/mol. The maximum Gasteiger partial charge on any atom is 0.140 e. The Morgan fingerprint density at radius 2 is 1.81 bits per heavy atom. The highest BCUT2D eigenvalue weighted by Gasteiger charge is 2.24. The van der Waals surface area contributed by atoms with Crippen LogP contribution in [0, 0.1) is 12.3 Å². The molecule has 88 valence electrons. The van der Waals surface area contributed by atoms with Crippen LogP contribution in [0.1, 0.15) is 19.4 Å². The van der Waals surface area contributed by atoms with Crippen molar-refractivity contribution in [3.05, 3.63) is 35.9 Å². The molecule has 1 unspecified atom stereocenters. The van der Waals surface area contributed by atoms with Crippen molar-refractivity contribution in [3.8, 4) is 12.3 Å². The third-order valence-electron chi connectivity index (χ3n) is 3.09. The lowest BCUT2D eigenvalue weighted by molar-refractivity contribution is -0.936. The molecule has 0 spiro atoms.